The van der Waals surface area contributed by atoms with Crippen LogP contribution in [0.5, 0.6) is 0 Å². The molecule has 1 atom stereocenters. The van der Waals surface area contributed by atoms with E-state index in [0.29, 0.717) is 15.8 Å². The first-order valence-corrected chi connectivity index (χ1v) is 8.09. The minimum absolute atomic E-state index is 0.105. The van der Waals surface area contributed by atoms with E-state index in [0.717, 1.165) is 22.1 Å². The molecule has 0 saturated heterocycles. The van der Waals surface area contributed by atoms with Crippen LogP contribution < -0.4 is 10.9 Å². The summed E-state index contributed by atoms with van der Waals surface area (Å²) in [6, 6.07) is 7.41. The first-order chi connectivity index (χ1) is 10.5. The number of carbonyl (C=O) groups excluding carboxylic acids is 1. The van der Waals surface area contributed by atoms with Crippen molar-refractivity contribution < 1.29 is 9.21 Å². The highest BCUT2D eigenvalue weighted by molar-refractivity contribution is 7.21. The maximum atomic E-state index is 12.3. The van der Waals surface area contributed by atoms with Crippen molar-refractivity contribution in [3.8, 4) is 0 Å². The predicted molar refractivity (Wildman–Crippen MR) is 89.8 cm³/mol. The van der Waals surface area contributed by atoms with Crippen molar-refractivity contribution in [1.82, 2.24) is 5.32 Å². The van der Waals surface area contributed by atoms with Gasteiger partial charge in [-0.3, -0.25) is 4.79 Å². The van der Waals surface area contributed by atoms with Gasteiger partial charge in [0.2, 0.25) is 0 Å². The van der Waals surface area contributed by atoms with Gasteiger partial charge in [-0.25, -0.2) is 4.79 Å². The van der Waals surface area contributed by atoms with Gasteiger partial charge in [0.1, 0.15) is 5.58 Å². The van der Waals surface area contributed by atoms with Crippen LogP contribution in [0, 0.1) is 6.92 Å². The third-order valence-electron chi connectivity index (χ3n) is 3.75. The molecule has 0 saturated carbocycles. The molecule has 0 aliphatic carbocycles. The van der Waals surface area contributed by atoms with Gasteiger partial charge in [-0.15, -0.1) is 11.3 Å². The first kappa shape index (κ1) is 14.8. The molecular formula is C17H17NO3S. The SMILES string of the molecule is CC[C@@H](C)NC(=O)c1cc2c(=O)oc3ccc(C)cc3c2s1. The third kappa shape index (κ3) is 2.52. The topological polar surface area (TPSA) is 59.3 Å². The van der Waals surface area contributed by atoms with Gasteiger partial charge in [-0.2, -0.15) is 0 Å². The lowest BCUT2D eigenvalue weighted by Crippen LogP contribution is -2.31. The van der Waals surface area contributed by atoms with E-state index in [1.807, 2.05) is 32.9 Å². The van der Waals surface area contributed by atoms with Crippen LogP contribution in [0.25, 0.3) is 21.1 Å². The molecule has 0 bridgehead atoms. The number of benzene rings is 1. The smallest absolute Gasteiger partial charge is 0.345 e. The van der Waals surface area contributed by atoms with Crippen molar-refractivity contribution in [3.63, 3.8) is 0 Å². The van der Waals surface area contributed by atoms with Crippen LogP contribution in [0.2, 0.25) is 0 Å². The maximum Gasteiger partial charge on any atom is 0.345 e. The molecule has 1 N–H and O–H groups in total. The molecule has 114 valence electrons. The van der Waals surface area contributed by atoms with E-state index in [9.17, 15) is 9.59 Å². The fraction of sp³-hybridized carbons (Fsp3) is 0.294. The Morgan fingerprint density at radius 3 is 2.82 bits per heavy atom. The lowest BCUT2D eigenvalue weighted by molar-refractivity contribution is 0.0943. The lowest BCUT2D eigenvalue weighted by Gasteiger charge is -2.09. The summed E-state index contributed by atoms with van der Waals surface area (Å²) in [6.45, 7) is 5.96. The normalized spacial score (nSPS) is 12.7. The number of nitrogens with one attached hydrogen (secondary N) is 1. The zero-order valence-electron chi connectivity index (χ0n) is 12.7. The van der Waals surface area contributed by atoms with Gasteiger partial charge < -0.3 is 9.73 Å². The summed E-state index contributed by atoms with van der Waals surface area (Å²) in [5, 5.41) is 4.27. The van der Waals surface area contributed by atoms with E-state index >= 15 is 0 Å². The Balaban J connectivity index is 2.18. The van der Waals surface area contributed by atoms with Gasteiger partial charge in [0.15, 0.2) is 0 Å². The summed E-state index contributed by atoms with van der Waals surface area (Å²) in [5.74, 6) is -0.143. The van der Waals surface area contributed by atoms with Crippen LogP contribution in [0.1, 0.15) is 35.5 Å². The van der Waals surface area contributed by atoms with Crippen LogP contribution in [-0.2, 0) is 0 Å². The zero-order chi connectivity index (χ0) is 15.9. The fourth-order valence-corrected chi connectivity index (χ4v) is 3.39. The number of hydrogen-bond donors (Lipinski definition) is 1. The van der Waals surface area contributed by atoms with Crippen LogP contribution in [0.4, 0.5) is 0 Å². The average Bonchev–Trinajstić information content (AvgIpc) is 2.94. The van der Waals surface area contributed by atoms with Gasteiger partial charge in [0, 0.05) is 11.4 Å². The molecule has 3 aromatic rings. The van der Waals surface area contributed by atoms with Gasteiger partial charge in [0.05, 0.1) is 15.0 Å². The molecule has 5 heteroatoms. The highest BCUT2D eigenvalue weighted by Gasteiger charge is 2.16. The Bertz CT molecular complexity index is 923. The summed E-state index contributed by atoms with van der Waals surface area (Å²) in [4.78, 5) is 24.9. The molecule has 22 heavy (non-hydrogen) atoms. The van der Waals surface area contributed by atoms with Crippen LogP contribution in [-0.4, -0.2) is 11.9 Å². The van der Waals surface area contributed by atoms with Crippen molar-refractivity contribution in [2.24, 2.45) is 0 Å². The molecule has 0 radical (unpaired) electrons. The molecule has 4 nitrogen and oxygen atoms in total. The van der Waals surface area contributed by atoms with E-state index in [1.54, 1.807) is 12.1 Å². The molecule has 3 rings (SSSR count). The first-order valence-electron chi connectivity index (χ1n) is 7.27. The summed E-state index contributed by atoms with van der Waals surface area (Å²) >= 11 is 1.34. The highest BCUT2D eigenvalue weighted by Crippen LogP contribution is 2.31. The number of hydrogen-bond acceptors (Lipinski definition) is 4. The van der Waals surface area contributed by atoms with E-state index in [1.165, 1.54) is 11.3 Å². The molecule has 2 aromatic heterocycles. The fourth-order valence-electron chi connectivity index (χ4n) is 2.32. The molecular weight excluding hydrogens is 298 g/mol. The number of rotatable bonds is 3. The minimum atomic E-state index is -0.398. The monoisotopic (exact) mass is 315 g/mol. The number of fused-ring (bicyclic) bond motifs is 3. The van der Waals surface area contributed by atoms with E-state index in [-0.39, 0.29) is 11.9 Å². The van der Waals surface area contributed by atoms with Crippen LogP contribution in [0.15, 0.2) is 33.5 Å². The molecule has 0 unspecified atom stereocenters. The molecule has 0 fully saturated rings. The number of carbonyl (C=O) groups is 1. The van der Waals surface area contributed by atoms with Crippen molar-refractivity contribution in [2.75, 3.05) is 0 Å². The minimum Gasteiger partial charge on any atom is -0.422 e. The standard InChI is InChI=1S/C17H17NO3S/c1-4-10(3)18-16(19)14-8-12-15(22-14)11-7-9(2)5-6-13(11)21-17(12)20/h5-8,10H,4H2,1-3H3,(H,18,19)/t10-/m1/s1. The summed E-state index contributed by atoms with van der Waals surface area (Å²) < 4.78 is 6.15. The lowest BCUT2D eigenvalue weighted by atomic mass is 10.1. The van der Waals surface area contributed by atoms with Gasteiger partial charge in [-0.05, 0) is 38.5 Å². The van der Waals surface area contributed by atoms with E-state index in [2.05, 4.69) is 5.32 Å². The van der Waals surface area contributed by atoms with Crippen LogP contribution >= 0.6 is 11.3 Å². The van der Waals surface area contributed by atoms with Crippen molar-refractivity contribution in [3.05, 3.63) is 45.1 Å². The molecule has 1 amide bonds. The summed E-state index contributed by atoms with van der Waals surface area (Å²) in [7, 11) is 0. The van der Waals surface area contributed by atoms with E-state index in [4.69, 9.17) is 4.42 Å². The van der Waals surface area contributed by atoms with Crippen molar-refractivity contribution >= 4 is 38.3 Å². The Morgan fingerprint density at radius 1 is 1.32 bits per heavy atom. The molecule has 0 aliphatic rings. The average molecular weight is 315 g/mol. The second-order valence-electron chi connectivity index (χ2n) is 5.53. The second kappa shape index (κ2) is 5.57. The molecule has 1 aromatic carbocycles. The maximum absolute atomic E-state index is 12.3. The molecule has 2 heterocycles. The van der Waals surface area contributed by atoms with Crippen LogP contribution in [0.3, 0.4) is 0 Å². The Labute approximate surface area is 131 Å². The Morgan fingerprint density at radius 2 is 2.09 bits per heavy atom. The van der Waals surface area contributed by atoms with Crippen molar-refractivity contribution in [2.45, 2.75) is 33.2 Å². The van der Waals surface area contributed by atoms with Gasteiger partial charge in [0.25, 0.3) is 5.91 Å². The number of thiophene rings is 1. The Kier molecular flexibility index (Phi) is 3.74. The quantitative estimate of drug-likeness (QED) is 0.747. The van der Waals surface area contributed by atoms with E-state index < -0.39 is 5.63 Å². The third-order valence-corrected chi connectivity index (χ3v) is 4.92. The van der Waals surface area contributed by atoms with Crippen molar-refractivity contribution in [1.29, 1.82) is 0 Å². The summed E-state index contributed by atoms with van der Waals surface area (Å²) in [5.41, 5.74) is 1.24. The highest BCUT2D eigenvalue weighted by atomic mass is 32.1. The summed E-state index contributed by atoms with van der Waals surface area (Å²) in [6.07, 6.45) is 0.862. The molecule has 0 aliphatic heterocycles. The van der Waals surface area contributed by atoms with Gasteiger partial charge in [-0.1, -0.05) is 18.6 Å². The number of amides is 1. The predicted octanol–water partition coefficient (Wildman–Crippen LogP) is 3.84. The molecule has 0 spiro atoms. The number of aryl methyl sites for hydroxylation is 1. The largest absolute Gasteiger partial charge is 0.422 e. The second-order valence-corrected chi connectivity index (χ2v) is 6.58. The van der Waals surface area contributed by atoms with Gasteiger partial charge >= 0.3 is 5.63 Å². The Hall–Kier alpha value is -2.14. The zero-order valence-corrected chi connectivity index (χ0v) is 13.5.